The van der Waals surface area contributed by atoms with Crippen molar-refractivity contribution in [1.29, 1.82) is 0 Å². The molecule has 0 atom stereocenters. The fraction of sp³-hybridized carbons (Fsp3) is 0.150. The molecule has 0 spiro atoms. The average Bonchev–Trinajstić information content (AvgIpc) is 2.61. The number of hydrogen-bond donors (Lipinski definition) is 0. The second-order valence-electron chi connectivity index (χ2n) is 5.16. The van der Waals surface area contributed by atoms with E-state index in [-0.39, 0.29) is 13.1 Å². The van der Waals surface area contributed by atoms with Gasteiger partial charge in [0.15, 0.2) is 0 Å². The van der Waals surface area contributed by atoms with E-state index in [1.54, 1.807) is 30.3 Å². The molecule has 0 fully saturated rings. The van der Waals surface area contributed by atoms with Gasteiger partial charge in [0.05, 0.1) is 6.54 Å². The van der Waals surface area contributed by atoms with E-state index in [1.807, 2.05) is 36.4 Å². The zero-order valence-electron chi connectivity index (χ0n) is 13.3. The Morgan fingerprint density at radius 1 is 1.00 bits per heavy atom. The minimum absolute atomic E-state index is 0.170. The van der Waals surface area contributed by atoms with Gasteiger partial charge in [0.1, 0.15) is 0 Å². The van der Waals surface area contributed by atoms with Crippen molar-refractivity contribution in [3.63, 3.8) is 0 Å². The molecule has 0 saturated heterocycles. The fourth-order valence-electron chi connectivity index (χ4n) is 2.04. The van der Waals surface area contributed by atoms with Crippen LogP contribution >= 0.6 is 0 Å². The molecule has 5 heteroatoms. The summed E-state index contributed by atoms with van der Waals surface area (Å²) in [5, 5.41) is 0. The van der Waals surface area contributed by atoms with Crippen LogP contribution in [0.15, 0.2) is 66.7 Å². The third kappa shape index (κ3) is 6.19. The third-order valence-corrected chi connectivity index (χ3v) is 3.24. The Morgan fingerprint density at radius 2 is 1.60 bits per heavy atom. The Labute approximate surface area is 144 Å². The fourth-order valence-corrected chi connectivity index (χ4v) is 2.04. The first-order valence-electron chi connectivity index (χ1n) is 7.58. The predicted molar refractivity (Wildman–Crippen MR) is 91.4 cm³/mol. The maximum absolute atomic E-state index is 12.7. The van der Waals surface area contributed by atoms with Gasteiger partial charge in [-0.25, -0.2) is 0 Å². The maximum atomic E-state index is 12.7. The van der Waals surface area contributed by atoms with Crippen LogP contribution in [0.5, 0.6) is 0 Å². The van der Waals surface area contributed by atoms with Crippen molar-refractivity contribution >= 4 is 12.0 Å². The molecule has 0 aliphatic heterocycles. The molecule has 25 heavy (non-hydrogen) atoms. The van der Waals surface area contributed by atoms with Crippen LogP contribution in [0.2, 0.25) is 0 Å². The number of rotatable bonds is 4. The van der Waals surface area contributed by atoms with Gasteiger partial charge in [-0.2, -0.15) is 13.2 Å². The van der Waals surface area contributed by atoms with Gasteiger partial charge in [-0.05, 0) is 17.7 Å². The molecule has 1 amide bonds. The minimum atomic E-state index is -4.92. The van der Waals surface area contributed by atoms with Gasteiger partial charge in [0, 0.05) is 12.1 Å². The van der Waals surface area contributed by atoms with Gasteiger partial charge < -0.3 is 4.90 Å². The van der Waals surface area contributed by atoms with Crippen LogP contribution in [0.4, 0.5) is 13.2 Å². The molecule has 0 saturated carbocycles. The van der Waals surface area contributed by atoms with Crippen LogP contribution in [0.3, 0.4) is 0 Å². The normalized spacial score (nSPS) is 11.0. The number of carbonyl (C=O) groups is 1. The first kappa shape index (κ1) is 18.3. The molecule has 0 unspecified atom stereocenters. The standard InChI is InChI=1S/C20H16F3NO/c21-20(22,23)19(25)24(15-7-13-17-9-3-1-4-10-17)16-8-14-18-11-5-2-6-12-18/h1-7,9-13H,15-16H2/b13-7+. The molecule has 2 aromatic rings. The van der Waals surface area contributed by atoms with Gasteiger partial charge in [0.2, 0.25) is 0 Å². The highest BCUT2D eigenvalue weighted by atomic mass is 19.4. The first-order chi connectivity index (χ1) is 12.0. The predicted octanol–water partition coefficient (Wildman–Crippen LogP) is 4.14. The second kappa shape index (κ2) is 8.74. The number of hydrogen-bond acceptors (Lipinski definition) is 1. The summed E-state index contributed by atoms with van der Waals surface area (Å²) >= 11 is 0. The molecule has 0 aliphatic rings. The number of nitrogens with zero attached hydrogens (tertiary/aromatic N) is 1. The van der Waals surface area contributed by atoms with Crippen LogP contribution in [0, 0.1) is 11.8 Å². The summed E-state index contributed by atoms with van der Waals surface area (Å²) < 4.78 is 38.2. The first-order valence-corrected chi connectivity index (χ1v) is 7.58. The number of carbonyl (C=O) groups excluding carboxylic acids is 1. The van der Waals surface area contributed by atoms with Crippen molar-refractivity contribution in [2.24, 2.45) is 0 Å². The molecule has 0 aliphatic carbocycles. The van der Waals surface area contributed by atoms with E-state index < -0.39 is 12.1 Å². The van der Waals surface area contributed by atoms with E-state index in [9.17, 15) is 18.0 Å². The third-order valence-electron chi connectivity index (χ3n) is 3.24. The van der Waals surface area contributed by atoms with Crippen LogP contribution in [-0.4, -0.2) is 30.1 Å². The van der Waals surface area contributed by atoms with E-state index in [1.165, 1.54) is 6.08 Å². The number of benzene rings is 2. The second-order valence-corrected chi connectivity index (χ2v) is 5.16. The molecule has 2 aromatic carbocycles. The van der Waals surface area contributed by atoms with Crippen molar-refractivity contribution in [2.45, 2.75) is 6.18 Å². The minimum Gasteiger partial charge on any atom is -0.320 e. The Balaban J connectivity index is 2.07. The zero-order chi connectivity index (χ0) is 18.1. The molecule has 0 heterocycles. The average molecular weight is 343 g/mol. The SMILES string of the molecule is O=C(N(CC#Cc1ccccc1)C/C=C/c1ccccc1)C(F)(F)F. The van der Waals surface area contributed by atoms with E-state index in [0.717, 1.165) is 5.56 Å². The highest BCUT2D eigenvalue weighted by molar-refractivity contribution is 5.82. The molecular formula is C20H16F3NO. The lowest BCUT2D eigenvalue weighted by Gasteiger charge is -2.19. The van der Waals surface area contributed by atoms with Crippen molar-refractivity contribution in [3.8, 4) is 11.8 Å². The number of alkyl halides is 3. The lowest BCUT2D eigenvalue weighted by atomic mass is 10.2. The van der Waals surface area contributed by atoms with Gasteiger partial charge >= 0.3 is 12.1 Å². The summed E-state index contributed by atoms with van der Waals surface area (Å²) in [4.78, 5) is 12.2. The molecule has 0 bridgehead atoms. The number of amides is 1. The summed E-state index contributed by atoms with van der Waals surface area (Å²) in [6.45, 7) is -0.469. The van der Waals surface area contributed by atoms with Gasteiger partial charge in [-0.3, -0.25) is 4.79 Å². The highest BCUT2D eigenvalue weighted by Crippen LogP contribution is 2.18. The van der Waals surface area contributed by atoms with E-state index in [0.29, 0.717) is 10.5 Å². The Morgan fingerprint density at radius 3 is 2.20 bits per heavy atom. The Kier molecular flexibility index (Phi) is 6.41. The van der Waals surface area contributed by atoms with Crippen LogP contribution in [0.1, 0.15) is 11.1 Å². The topological polar surface area (TPSA) is 20.3 Å². The van der Waals surface area contributed by atoms with Gasteiger partial charge in [0.25, 0.3) is 0 Å². The van der Waals surface area contributed by atoms with Crippen LogP contribution in [-0.2, 0) is 4.79 Å². The van der Waals surface area contributed by atoms with Crippen LogP contribution < -0.4 is 0 Å². The lowest BCUT2D eigenvalue weighted by Crippen LogP contribution is -2.41. The van der Waals surface area contributed by atoms with Gasteiger partial charge in [-0.1, -0.05) is 72.5 Å². The van der Waals surface area contributed by atoms with Crippen LogP contribution in [0.25, 0.3) is 6.08 Å². The zero-order valence-corrected chi connectivity index (χ0v) is 13.3. The molecule has 0 radical (unpaired) electrons. The van der Waals surface area contributed by atoms with Crippen molar-refractivity contribution in [1.82, 2.24) is 4.90 Å². The van der Waals surface area contributed by atoms with Crippen molar-refractivity contribution in [3.05, 3.63) is 77.9 Å². The molecule has 2 nitrogen and oxygen atoms in total. The van der Waals surface area contributed by atoms with Crippen molar-refractivity contribution < 1.29 is 18.0 Å². The quantitative estimate of drug-likeness (QED) is 0.764. The maximum Gasteiger partial charge on any atom is 0.471 e. The Hall–Kier alpha value is -3.00. The summed E-state index contributed by atoms with van der Waals surface area (Å²) in [5.41, 5.74) is 1.53. The van der Waals surface area contributed by atoms with E-state index in [2.05, 4.69) is 11.8 Å². The Bertz CT molecular complexity index is 771. The number of halogens is 3. The summed E-state index contributed by atoms with van der Waals surface area (Å²) in [7, 11) is 0. The molecule has 128 valence electrons. The lowest BCUT2D eigenvalue weighted by molar-refractivity contribution is -0.184. The summed E-state index contributed by atoms with van der Waals surface area (Å²) in [6, 6.07) is 18.0. The largest absolute Gasteiger partial charge is 0.471 e. The molecule has 0 N–H and O–H groups in total. The molecular weight excluding hydrogens is 327 g/mol. The summed E-state index contributed by atoms with van der Waals surface area (Å²) in [6.07, 6.45) is -1.74. The summed E-state index contributed by atoms with van der Waals surface area (Å²) in [5.74, 6) is 3.48. The highest BCUT2D eigenvalue weighted by Gasteiger charge is 2.41. The molecule has 0 aromatic heterocycles. The smallest absolute Gasteiger partial charge is 0.320 e. The monoisotopic (exact) mass is 343 g/mol. The van der Waals surface area contributed by atoms with E-state index >= 15 is 0 Å². The van der Waals surface area contributed by atoms with Crippen molar-refractivity contribution in [2.75, 3.05) is 13.1 Å². The van der Waals surface area contributed by atoms with E-state index in [4.69, 9.17) is 0 Å². The van der Waals surface area contributed by atoms with Gasteiger partial charge in [-0.15, -0.1) is 0 Å². The molecule has 2 rings (SSSR count).